The third-order valence-corrected chi connectivity index (χ3v) is 12.7. The fraction of sp³-hybridized carbons (Fsp3) is 0.943. The van der Waals surface area contributed by atoms with Crippen molar-refractivity contribution in [3.63, 3.8) is 0 Å². The number of carbonyl (C=O) groups excluding carboxylic acids is 3. The van der Waals surface area contributed by atoms with Crippen LogP contribution in [0.4, 0.5) is 0 Å². The maximum atomic E-state index is 12.8. The van der Waals surface area contributed by atoms with Crippen LogP contribution in [0.3, 0.4) is 0 Å². The molecular weight excluding hydrogens is 733 g/mol. The van der Waals surface area contributed by atoms with Gasteiger partial charge in [0.1, 0.15) is 13.2 Å². The molecular formula is C53H102O6. The van der Waals surface area contributed by atoms with Crippen LogP contribution >= 0.6 is 0 Å². The monoisotopic (exact) mass is 835 g/mol. The number of carbonyl (C=O) groups is 3. The summed E-state index contributed by atoms with van der Waals surface area (Å²) in [6, 6.07) is 0. The molecule has 0 fully saturated rings. The normalized spacial score (nSPS) is 13.0. The predicted octanol–water partition coefficient (Wildman–Crippen LogP) is 16.9. The summed E-state index contributed by atoms with van der Waals surface area (Å²) >= 11 is 0. The zero-order valence-electron chi connectivity index (χ0n) is 40.4. The van der Waals surface area contributed by atoms with Crippen molar-refractivity contribution in [2.24, 2.45) is 11.8 Å². The average Bonchev–Trinajstić information content (AvgIpc) is 3.23. The van der Waals surface area contributed by atoms with E-state index in [-0.39, 0.29) is 31.1 Å². The van der Waals surface area contributed by atoms with Crippen LogP contribution in [0.2, 0.25) is 0 Å². The van der Waals surface area contributed by atoms with E-state index < -0.39 is 6.10 Å². The molecule has 0 aromatic heterocycles. The fourth-order valence-corrected chi connectivity index (χ4v) is 7.93. The van der Waals surface area contributed by atoms with Gasteiger partial charge in [-0.05, 0) is 31.1 Å². The van der Waals surface area contributed by atoms with Gasteiger partial charge in [-0.3, -0.25) is 14.4 Å². The summed E-state index contributed by atoms with van der Waals surface area (Å²) in [6.07, 6.45) is 46.6. The van der Waals surface area contributed by atoms with Gasteiger partial charge in [0.25, 0.3) is 0 Å². The second-order valence-electron chi connectivity index (χ2n) is 18.6. The average molecular weight is 835 g/mol. The number of ether oxygens (including phenoxy) is 3. The van der Waals surface area contributed by atoms with Crippen molar-refractivity contribution in [1.29, 1.82) is 0 Å². The summed E-state index contributed by atoms with van der Waals surface area (Å²) in [5.41, 5.74) is 0. The summed E-state index contributed by atoms with van der Waals surface area (Å²) in [6.45, 7) is 11.4. The van der Waals surface area contributed by atoms with E-state index in [1.54, 1.807) is 0 Å². The Kier molecular flexibility index (Phi) is 44.7. The minimum atomic E-state index is -0.762. The molecule has 0 aromatic rings. The van der Waals surface area contributed by atoms with E-state index in [4.69, 9.17) is 14.2 Å². The molecule has 0 rings (SSSR count). The van der Waals surface area contributed by atoms with Gasteiger partial charge >= 0.3 is 17.9 Å². The van der Waals surface area contributed by atoms with Gasteiger partial charge in [0, 0.05) is 19.3 Å². The van der Waals surface area contributed by atoms with E-state index in [0.29, 0.717) is 19.3 Å². The molecule has 0 aromatic carbocycles. The van der Waals surface area contributed by atoms with Gasteiger partial charge in [0.2, 0.25) is 0 Å². The van der Waals surface area contributed by atoms with Crippen LogP contribution in [-0.4, -0.2) is 37.2 Å². The Morgan fingerprint density at radius 2 is 0.593 bits per heavy atom. The quantitative estimate of drug-likeness (QED) is 0.0345. The molecule has 0 radical (unpaired) electrons. The molecule has 0 amide bonds. The summed E-state index contributed by atoms with van der Waals surface area (Å²) in [7, 11) is 0. The van der Waals surface area contributed by atoms with Crippen molar-refractivity contribution in [3.8, 4) is 0 Å². The molecule has 6 nitrogen and oxygen atoms in total. The Hall–Kier alpha value is -1.59. The lowest BCUT2D eigenvalue weighted by atomic mass is 9.99. The molecule has 0 saturated carbocycles. The van der Waals surface area contributed by atoms with E-state index in [2.05, 4.69) is 34.6 Å². The third kappa shape index (κ3) is 44.3. The molecule has 0 N–H and O–H groups in total. The molecule has 0 saturated heterocycles. The molecule has 0 heterocycles. The second-order valence-corrected chi connectivity index (χ2v) is 18.6. The highest BCUT2D eigenvalue weighted by molar-refractivity contribution is 5.71. The maximum Gasteiger partial charge on any atom is 0.306 e. The Balaban J connectivity index is 4.29. The molecule has 0 bridgehead atoms. The summed E-state index contributed by atoms with van der Waals surface area (Å²) in [4.78, 5) is 37.9. The van der Waals surface area contributed by atoms with Gasteiger partial charge in [-0.2, -0.15) is 0 Å². The Labute approximate surface area is 368 Å². The molecule has 0 aliphatic rings. The first-order chi connectivity index (χ1) is 28.8. The lowest BCUT2D eigenvalue weighted by Crippen LogP contribution is -2.30. The van der Waals surface area contributed by atoms with E-state index in [0.717, 1.165) is 69.6 Å². The molecule has 0 aliphatic carbocycles. The van der Waals surface area contributed by atoms with Gasteiger partial charge in [-0.15, -0.1) is 0 Å². The molecule has 350 valence electrons. The lowest BCUT2D eigenvalue weighted by molar-refractivity contribution is -0.167. The minimum Gasteiger partial charge on any atom is -0.462 e. The smallest absolute Gasteiger partial charge is 0.306 e. The van der Waals surface area contributed by atoms with Crippen LogP contribution in [-0.2, 0) is 28.6 Å². The number of rotatable bonds is 47. The van der Waals surface area contributed by atoms with Gasteiger partial charge in [0.15, 0.2) is 6.10 Å². The van der Waals surface area contributed by atoms with Crippen LogP contribution in [0, 0.1) is 11.8 Å². The van der Waals surface area contributed by atoms with Gasteiger partial charge < -0.3 is 14.2 Å². The van der Waals surface area contributed by atoms with E-state index >= 15 is 0 Å². The van der Waals surface area contributed by atoms with E-state index in [9.17, 15) is 14.4 Å². The first-order valence-corrected chi connectivity index (χ1v) is 26.3. The summed E-state index contributed by atoms with van der Waals surface area (Å²) in [5.74, 6) is 0.830. The molecule has 59 heavy (non-hydrogen) atoms. The molecule has 3 atom stereocenters. The number of esters is 3. The molecule has 0 spiro atoms. The van der Waals surface area contributed by atoms with Gasteiger partial charge in [-0.25, -0.2) is 0 Å². The highest BCUT2D eigenvalue weighted by Gasteiger charge is 2.19. The maximum absolute atomic E-state index is 12.8. The standard InChI is InChI=1S/C53H102O6/c1-6-9-10-11-12-13-14-15-16-17-18-19-20-24-27-33-38-43-51(54)57-46-50(47-58-52(55)44-39-34-30-29-32-37-42-49(5)8-3)59-53(56)45-40-35-28-25-22-21-23-26-31-36-41-48(4)7-2/h48-50H,6-47H2,1-5H3/t48?,49?,50-/m0/s1. The SMILES string of the molecule is CCCCCCCCCCCCCCCCCCCC(=O)OC[C@@H](COC(=O)CCCCCCCCC(C)CC)OC(=O)CCCCCCCCCCCCC(C)CC. The van der Waals surface area contributed by atoms with Crippen LogP contribution in [0.1, 0.15) is 291 Å². The van der Waals surface area contributed by atoms with Crippen molar-refractivity contribution >= 4 is 17.9 Å². The predicted molar refractivity (Wildman–Crippen MR) is 252 cm³/mol. The van der Waals surface area contributed by atoms with E-state index in [1.165, 1.54) is 180 Å². The molecule has 6 heteroatoms. The van der Waals surface area contributed by atoms with Crippen molar-refractivity contribution in [2.45, 2.75) is 298 Å². The molecule has 0 aliphatic heterocycles. The fourth-order valence-electron chi connectivity index (χ4n) is 7.93. The highest BCUT2D eigenvalue weighted by Crippen LogP contribution is 2.18. The van der Waals surface area contributed by atoms with Crippen molar-refractivity contribution in [1.82, 2.24) is 0 Å². The highest BCUT2D eigenvalue weighted by atomic mass is 16.6. The third-order valence-electron chi connectivity index (χ3n) is 12.7. The van der Waals surface area contributed by atoms with Crippen LogP contribution in [0.15, 0.2) is 0 Å². The summed E-state index contributed by atoms with van der Waals surface area (Å²) in [5, 5.41) is 0. The van der Waals surface area contributed by atoms with Crippen molar-refractivity contribution < 1.29 is 28.6 Å². The molecule has 2 unspecified atom stereocenters. The van der Waals surface area contributed by atoms with Crippen LogP contribution in [0.25, 0.3) is 0 Å². The summed E-state index contributed by atoms with van der Waals surface area (Å²) < 4.78 is 16.8. The first kappa shape index (κ1) is 57.4. The first-order valence-electron chi connectivity index (χ1n) is 26.3. The minimum absolute atomic E-state index is 0.0644. The Morgan fingerprint density at radius 3 is 0.881 bits per heavy atom. The topological polar surface area (TPSA) is 78.9 Å². The lowest BCUT2D eigenvalue weighted by Gasteiger charge is -2.18. The Bertz CT molecular complexity index is 904. The number of unbranched alkanes of at least 4 members (excludes halogenated alkanes) is 30. The van der Waals surface area contributed by atoms with Crippen LogP contribution < -0.4 is 0 Å². The second kappa shape index (κ2) is 45.9. The number of hydrogen-bond acceptors (Lipinski definition) is 6. The zero-order valence-corrected chi connectivity index (χ0v) is 40.4. The Morgan fingerprint density at radius 1 is 0.339 bits per heavy atom. The number of hydrogen-bond donors (Lipinski definition) is 0. The zero-order chi connectivity index (χ0) is 43.3. The largest absolute Gasteiger partial charge is 0.462 e. The van der Waals surface area contributed by atoms with E-state index in [1.807, 2.05) is 0 Å². The van der Waals surface area contributed by atoms with Gasteiger partial charge in [0.05, 0.1) is 0 Å². The van der Waals surface area contributed by atoms with Crippen LogP contribution in [0.5, 0.6) is 0 Å². The van der Waals surface area contributed by atoms with Crippen molar-refractivity contribution in [2.75, 3.05) is 13.2 Å². The van der Waals surface area contributed by atoms with Gasteiger partial charge in [-0.1, -0.05) is 253 Å². The van der Waals surface area contributed by atoms with Crippen molar-refractivity contribution in [3.05, 3.63) is 0 Å².